The lowest BCUT2D eigenvalue weighted by Gasteiger charge is -2.03. The standard InChI is InChI=1S/C10H14N6O/c1-7-3-9(10(17)12-2)14-16(7)6-15-5-8(11)4-13-15/h3-5H,6,11H2,1-2H3,(H,12,17). The first-order valence-electron chi connectivity index (χ1n) is 5.14. The highest BCUT2D eigenvalue weighted by molar-refractivity contribution is 5.92. The van der Waals surface area contributed by atoms with Crippen molar-refractivity contribution in [1.29, 1.82) is 0 Å². The van der Waals surface area contributed by atoms with E-state index in [1.54, 1.807) is 34.9 Å². The number of nitrogen functional groups attached to an aromatic ring is 1. The Labute approximate surface area is 98.2 Å². The third kappa shape index (κ3) is 2.27. The molecule has 3 N–H and O–H groups in total. The molecule has 0 unspecified atom stereocenters. The van der Waals surface area contributed by atoms with Gasteiger partial charge in [0.15, 0.2) is 0 Å². The van der Waals surface area contributed by atoms with Crippen molar-refractivity contribution in [2.24, 2.45) is 0 Å². The predicted molar refractivity (Wildman–Crippen MR) is 62.4 cm³/mol. The SMILES string of the molecule is CNC(=O)c1cc(C)n(Cn2cc(N)cn2)n1. The number of aryl methyl sites for hydroxylation is 1. The van der Waals surface area contributed by atoms with Gasteiger partial charge in [-0.25, -0.2) is 9.36 Å². The molecule has 0 aromatic carbocycles. The molecule has 2 aromatic rings. The molecule has 0 atom stereocenters. The number of hydrogen-bond acceptors (Lipinski definition) is 4. The van der Waals surface area contributed by atoms with E-state index < -0.39 is 0 Å². The fourth-order valence-electron chi connectivity index (χ4n) is 1.49. The van der Waals surface area contributed by atoms with Gasteiger partial charge in [0.05, 0.1) is 18.1 Å². The average Bonchev–Trinajstić information content (AvgIpc) is 2.86. The van der Waals surface area contributed by atoms with E-state index in [0.717, 1.165) is 5.69 Å². The van der Waals surface area contributed by atoms with Crippen molar-refractivity contribution in [2.75, 3.05) is 12.8 Å². The molecule has 0 bridgehead atoms. The van der Waals surface area contributed by atoms with Gasteiger partial charge in [-0.2, -0.15) is 10.2 Å². The lowest BCUT2D eigenvalue weighted by molar-refractivity contribution is 0.0957. The number of nitrogens with zero attached hydrogens (tertiary/aromatic N) is 4. The number of anilines is 1. The minimum absolute atomic E-state index is 0.202. The molecule has 0 saturated heterocycles. The number of aromatic nitrogens is 4. The molecule has 7 heteroatoms. The van der Waals surface area contributed by atoms with Crippen LogP contribution in [0.2, 0.25) is 0 Å². The van der Waals surface area contributed by atoms with E-state index in [2.05, 4.69) is 15.5 Å². The number of carbonyl (C=O) groups excluding carboxylic acids is 1. The maximum absolute atomic E-state index is 11.4. The first-order chi connectivity index (χ1) is 8.10. The van der Waals surface area contributed by atoms with E-state index in [1.165, 1.54) is 0 Å². The summed E-state index contributed by atoms with van der Waals surface area (Å²) in [6.07, 6.45) is 3.28. The Kier molecular flexibility index (Phi) is 2.82. The van der Waals surface area contributed by atoms with E-state index in [4.69, 9.17) is 5.73 Å². The lowest BCUT2D eigenvalue weighted by Crippen LogP contribution is -2.19. The maximum atomic E-state index is 11.4. The summed E-state index contributed by atoms with van der Waals surface area (Å²) in [5.41, 5.74) is 7.45. The van der Waals surface area contributed by atoms with Crippen LogP contribution in [-0.2, 0) is 6.67 Å². The molecule has 0 radical (unpaired) electrons. The van der Waals surface area contributed by atoms with E-state index in [9.17, 15) is 4.79 Å². The molecule has 0 spiro atoms. The van der Waals surface area contributed by atoms with Crippen LogP contribution in [0.25, 0.3) is 0 Å². The molecule has 0 aliphatic rings. The third-order valence-electron chi connectivity index (χ3n) is 2.37. The van der Waals surface area contributed by atoms with Crippen molar-refractivity contribution in [3.8, 4) is 0 Å². The van der Waals surface area contributed by atoms with Gasteiger partial charge in [-0.05, 0) is 13.0 Å². The van der Waals surface area contributed by atoms with Crippen molar-refractivity contribution in [2.45, 2.75) is 13.6 Å². The fourth-order valence-corrected chi connectivity index (χ4v) is 1.49. The molecule has 0 saturated carbocycles. The number of nitrogens with two attached hydrogens (primary N) is 1. The van der Waals surface area contributed by atoms with Gasteiger partial charge in [0.25, 0.3) is 5.91 Å². The van der Waals surface area contributed by atoms with Crippen LogP contribution in [0.5, 0.6) is 0 Å². The summed E-state index contributed by atoms with van der Waals surface area (Å²) >= 11 is 0. The molecule has 0 fully saturated rings. The van der Waals surface area contributed by atoms with Crippen LogP contribution in [0, 0.1) is 6.92 Å². The molecule has 17 heavy (non-hydrogen) atoms. The summed E-state index contributed by atoms with van der Waals surface area (Å²) < 4.78 is 3.35. The van der Waals surface area contributed by atoms with E-state index in [-0.39, 0.29) is 5.91 Å². The van der Waals surface area contributed by atoms with E-state index in [0.29, 0.717) is 18.1 Å². The van der Waals surface area contributed by atoms with Crippen molar-refractivity contribution >= 4 is 11.6 Å². The molecule has 7 nitrogen and oxygen atoms in total. The van der Waals surface area contributed by atoms with Crippen LogP contribution in [0.4, 0.5) is 5.69 Å². The second kappa shape index (κ2) is 4.28. The van der Waals surface area contributed by atoms with Gasteiger partial charge in [-0.15, -0.1) is 0 Å². The Morgan fingerprint density at radius 3 is 2.94 bits per heavy atom. The Morgan fingerprint density at radius 1 is 1.59 bits per heavy atom. The average molecular weight is 234 g/mol. The van der Waals surface area contributed by atoms with Crippen LogP contribution in [-0.4, -0.2) is 32.5 Å². The largest absolute Gasteiger partial charge is 0.396 e. The molecular weight excluding hydrogens is 220 g/mol. The van der Waals surface area contributed by atoms with Crippen molar-refractivity contribution < 1.29 is 4.79 Å². The van der Waals surface area contributed by atoms with Crippen molar-refractivity contribution in [1.82, 2.24) is 24.9 Å². The second-order valence-corrected chi connectivity index (χ2v) is 3.70. The zero-order valence-corrected chi connectivity index (χ0v) is 9.71. The highest BCUT2D eigenvalue weighted by Gasteiger charge is 2.10. The summed E-state index contributed by atoms with van der Waals surface area (Å²) in [5, 5.41) is 10.8. The van der Waals surface area contributed by atoms with E-state index >= 15 is 0 Å². The monoisotopic (exact) mass is 234 g/mol. The smallest absolute Gasteiger partial charge is 0.271 e. The van der Waals surface area contributed by atoms with Crippen LogP contribution >= 0.6 is 0 Å². The van der Waals surface area contributed by atoms with Crippen molar-refractivity contribution in [3.63, 3.8) is 0 Å². The second-order valence-electron chi connectivity index (χ2n) is 3.70. The first kappa shape index (κ1) is 11.2. The maximum Gasteiger partial charge on any atom is 0.271 e. The van der Waals surface area contributed by atoms with Gasteiger partial charge in [0, 0.05) is 12.7 Å². The summed E-state index contributed by atoms with van der Waals surface area (Å²) in [5.74, 6) is -0.202. The number of carbonyl (C=O) groups is 1. The number of amides is 1. The zero-order chi connectivity index (χ0) is 12.4. The molecule has 2 rings (SSSR count). The Hall–Kier alpha value is -2.31. The van der Waals surface area contributed by atoms with Gasteiger partial charge in [0.1, 0.15) is 12.4 Å². The number of nitrogens with one attached hydrogen (secondary N) is 1. The Morgan fingerprint density at radius 2 is 2.35 bits per heavy atom. The van der Waals surface area contributed by atoms with Crippen LogP contribution in [0.15, 0.2) is 18.5 Å². The highest BCUT2D eigenvalue weighted by atomic mass is 16.1. The van der Waals surface area contributed by atoms with E-state index in [1.807, 2.05) is 6.92 Å². The predicted octanol–water partition coefficient (Wildman–Crippen LogP) is -0.164. The minimum Gasteiger partial charge on any atom is -0.396 e. The van der Waals surface area contributed by atoms with Crippen LogP contribution in [0.3, 0.4) is 0 Å². The summed E-state index contributed by atoms with van der Waals surface area (Å²) in [6, 6.07) is 1.73. The topological polar surface area (TPSA) is 90.8 Å². The summed E-state index contributed by atoms with van der Waals surface area (Å²) in [6.45, 7) is 2.31. The van der Waals surface area contributed by atoms with Gasteiger partial charge in [-0.3, -0.25) is 4.79 Å². The fraction of sp³-hybridized carbons (Fsp3) is 0.300. The quantitative estimate of drug-likeness (QED) is 0.771. The van der Waals surface area contributed by atoms with Gasteiger partial charge in [-0.1, -0.05) is 0 Å². The molecule has 2 aromatic heterocycles. The van der Waals surface area contributed by atoms with Gasteiger partial charge >= 0.3 is 0 Å². The number of hydrogen-bond donors (Lipinski definition) is 2. The summed E-state index contributed by atoms with van der Waals surface area (Å²) in [4.78, 5) is 11.4. The molecule has 0 aliphatic heterocycles. The third-order valence-corrected chi connectivity index (χ3v) is 2.37. The lowest BCUT2D eigenvalue weighted by atomic mass is 10.3. The normalized spacial score (nSPS) is 10.5. The molecule has 0 aliphatic carbocycles. The number of rotatable bonds is 3. The van der Waals surface area contributed by atoms with Crippen LogP contribution < -0.4 is 11.1 Å². The summed E-state index contributed by atoms with van der Waals surface area (Å²) in [7, 11) is 1.57. The van der Waals surface area contributed by atoms with Crippen molar-refractivity contribution in [3.05, 3.63) is 29.8 Å². The Bertz CT molecular complexity index is 541. The van der Waals surface area contributed by atoms with Crippen LogP contribution in [0.1, 0.15) is 16.2 Å². The molecule has 90 valence electrons. The zero-order valence-electron chi connectivity index (χ0n) is 9.71. The van der Waals surface area contributed by atoms with Gasteiger partial charge in [0.2, 0.25) is 0 Å². The van der Waals surface area contributed by atoms with Gasteiger partial charge < -0.3 is 11.1 Å². The molecule has 2 heterocycles. The molecule has 1 amide bonds. The highest BCUT2D eigenvalue weighted by Crippen LogP contribution is 2.05. The molecular formula is C10H14N6O. The minimum atomic E-state index is -0.202. The Balaban J connectivity index is 2.21. The first-order valence-corrected chi connectivity index (χ1v) is 5.14.